The van der Waals surface area contributed by atoms with Gasteiger partial charge in [-0.05, 0) is 80.6 Å². The minimum atomic E-state index is -4.20. The lowest BCUT2D eigenvalue weighted by Gasteiger charge is -2.34. The smallest absolute Gasteiger partial charge is 0.264 e. The third-order valence-electron chi connectivity index (χ3n) is 8.01. The monoisotopic (exact) mass is 677 g/mol. The average molecular weight is 679 g/mol. The minimum absolute atomic E-state index is 0.0272. The highest BCUT2D eigenvalue weighted by Gasteiger charge is 2.34. The molecular formula is C33H38Cl3N3O4S. The van der Waals surface area contributed by atoms with Crippen molar-refractivity contribution in [3.63, 3.8) is 0 Å². The van der Waals surface area contributed by atoms with E-state index in [9.17, 15) is 18.0 Å². The highest BCUT2D eigenvalue weighted by molar-refractivity contribution is 7.92. The van der Waals surface area contributed by atoms with Crippen molar-refractivity contribution < 1.29 is 18.0 Å². The number of carbonyl (C=O) groups is 2. The number of hydrogen-bond acceptors (Lipinski definition) is 4. The van der Waals surface area contributed by atoms with Gasteiger partial charge < -0.3 is 10.2 Å². The zero-order valence-electron chi connectivity index (χ0n) is 25.2. The highest BCUT2D eigenvalue weighted by Crippen LogP contribution is 2.30. The van der Waals surface area contributed by atoms with Crippen molar-refractivity contribution in [3.05, 3.63) is 92.4 Å². The number of sulfonamides is 1. The molecule has 2 amide bonds. The van der Waals surface area contributed by atoms with Crippen molar-refractivity contribution in [1.29, 1.82) is 0 Å². The zero-order valence-corrected chi connectivity index (χ0v) is 28.2. The summed E-state index contributed by atoms with van der Waals surface area (Å²) in [7, 11) is -4.20. The molecule has 7 nitrogen and oxygen atoms in total. The molecule has 1 atom stereocenters. The summed E-state index contributed by atoms with van der Waals surface area (Å²) in [5.74, 6) is -0.812. The third-order valence-corrected chi connectivity index (χ3v) is 10.9. The Balaban J connectivity index is 1.74. The number of nitrogens with one attached hydrogen (secondary N) is 1. The number of benzene rings is 3. The maximum atomic E-state index is 14.3. The topological polar surface area (TPSA) is 86.8 Å². The number of nitrogens with zero attached hydrogens (tertiary/aromatic N) is 2. The molecule has 0 bridgehead atoms. The molecule has 1 fully saturated rings. The molecule has 0 unspecified atom stereocenters. The fourth-order valence-corrected chi connectivity index (χ4v) is 7.30. The van der Waals surface area contributed by atoms with Gasteiger partial charge in [0.1, 0.15) is 12.6 Å². The number of rotatable bonds is 11. The molecule has 0 spiro atoms. The van der Waals surface area contributed by atoms with Crippen LogP contribution in [0.1, 0.15) is 62.1 Å². The Morgan fingerprint density at radius 2 is 1.57 bits per heavy atom. The molecule has 4 rings (SSSR count). The lowest BCUT2D eigenvalue weighted by atomic mass is 9.95. The average Bonchev–Trinajstić information content (AvgIpc) is 2.99. The van der Waals surface area contributed by atoms with Gasteiger partial charge >= 0.3 is 0 Å². The van der Waals surface area contributed by atoms with Crippen LogP contribution < -0.4 is 9.62 Å². The predicted octanol–water partition coefficient (Wildman–Crippen LogP) is 7.72. The minimum Gasteiger partial charge on any atom is -0.352 e. The van der Waals surface area contributed by atoms with E-state index in [4.69, 9.17) is 34.8 Å². The summed E-state index contributed by atoms with van der Waals surface area (Å²) >= 11 is 18.9. The van der Waals surface area contributed by atoms with E-state index in [1.165, 1.54) is 23.1 Å². The second kappa shape index (κ2) is 15.0. The van der Waals surface area contributed by atoms with Crippen LogP contribution in [-0.2, 0) is 26.2 Å². The SMILES string of the molecule is CC[C@@H](C(=O)NC1CCCCC1)N(Cc1ccc(Cl)c(Cl)c1)C(=O)CN(c1ccc(C)c(Cl)c1)S(=O)(=O)c1ccc(C)cc1. The zero-order chi connectivity index (χ0) is 32.0. The van der Waals surface area contributed by atoms with Crippen LogP contribution in [0.5, 0.6) is 0 Å². The van der Waals surface area contributed by atoms with Crippen LogP contribution in [-0.4, -0.2) is 43.8 Å². The van der Waals surface area contributed by atoms with Crippen LogP contribution >= 0.6 is 34.8 Å². The van der Waals surface area contributed by atoms with E-state index in [0.29, 0.717) is 27.1 Å². The molecule has 0 radical (unpaired) electrons. The van der Waals surface area contributed by atoms with Crippen molar-refractivity contribution in [2.24, 2.45) is 0 Å². The molecule has 236 valence electrons. The Labute approximate surface area is 275 Å². The quantitative estimate of drug-likeness (QED) is 0.225. The number of anilines is 1. The number of aryl methyl sites for hydroxylation is 2. The van der Waals surface area contributed by atoms with Crippen molar-refractivity contribution in [3.8, 4) is 0 Å². The van der Waals surface area contributed by atoms with Gasteiger partial charge in [0.25, 0.3) is 10.0 Å². The fourth-order valence-electron chi connectivity index (χ4n) is 5.40. The van der Waals surface area contributed by atoms with E-state index in [1.807, 2.05) is 20.8 Å². The van der Waals surface area contributed by atoms with E-state index < -0.39 is 28.5 Å². The Hall–Kier alpha value is -2.78. The highest BCUT2D eigenvalue weighted by atomic mass is 35.5. The van der Waals surface area contributed by atoms with Crippen LogP contribution in [0.2, 0.25) is 15.1 Å². The fraction of sp³-hybridized carbons (Fsp3) is 0.394. The Kier molecular flexibility index (Phi) is 11.6. The normalized spacial score (nSPS) is 14.6. The van der Waals surface area contributed by atoms with Gasteiger partial charge in [-0.15, -0.1) is 0 Å². The van der Waals surface area contributed by atoms with Crippen molar-refractivity contribution in [2.45, 2.75) is 82.8 Å². The number of halogens is 3. The van der Waals surface area contributed by atoms with E-state index in [1.54, 1.807) is 42.5 Å². The summed E-state index contributed by atoms with van der Waals surface area (Å²) in [5, 5.41) is 4.18. The van der Waals surface area contributed by atoms with Gasteiger partial charge in [0, 0.05) is 17.6 Å². The molecule has 3 aromatic rings. The van der Waals surface area contributed by atoms with E-state index in [2.05, 4.69) is 5.32 Å². The van der Waals surface area contributed by atoms with Gasteiger partial charge in [0.15, 0.2) is 0 Å². The summed E-state index contributed by atoms with van der Waals surface area (Å²) < 4.78 is 29.2. The Morgan fingerprint density at radius 3 is 2.18 bits per heavy atom. The second-order valence-electron chi connectivity index (χ2n) is 11.3. The number of amides is 2. The first-order chi connectivity index (χ1) is 20.9. The Morgan fingerprint density at radius 1 is 0.886 bits per heavy atom. The first-order valence-electron chi connectivity index (χ1n) is 14.8. The molecule has 0 heterocycles. The van der Waals surface area contributed by atoms with Crippen LogP contribution in [0, 0.1) is 13.8 Å². The molecule has 0 aromatic heterocycles. The summed E-state index contributed by atoms with van der Waals surface area (Å²) in [6.45, 7) is 4.98. The summed E-state index contributed by atoms with van der Waals surface area (Å²) in [6, 6.07) is 15.5. The molecule has 1 N–H and O–H groups in total. The molecule has 0 aliphatic heterocycles. The predicted molar refractivity (Wildman–Crippen MR) is 178 cm³/mol. The largest absolute Gasteiger partial charge is 0.352 e. The second-order valence-corrected chi connectivity index (χ2v) is 14.4. The Bertz CT molecular complexity index is 1590. The van der Waals surface area contributed by atoms with Gasteiger partial charge in [0.2, 0.25) is 11.8 Å². The van der Waals surface area contributed by atoms with Crippen LogP contribution in [0.25, 0.3) is 0 Å². The first-order valence-corrected chi connectivity index (χ1v) is 17.4. The van der Waals surface area contributed by atoms with Crippen LogP contribution in [0.3, 0.4) is 0 Å². The van der Waals surface area contributed by atoms with Crippen molar-refractivity contribution in [2.75, 3.05) is 10.8 Å². The van der Waals surface area contributed by atoms with Crippen molar-refractivity contribution in [1.82, 2.24) is 10.2 Å². The van der Waals surface area contributed by atoms with Gasteiger partial charge in [-0.2, -0.15) is 0 Å². The van der Waals surface area contributed by atoms with Gasteiger partial charge in [-0.25, -0.2) is 8.42 Å². The van der Waals surface area contributed by atoms with Crippen molar-refractivity contribution >= 4 is 62.3 Å². The first kappa shape index (κ1) is 34.1. The molecule has 1 aliphatic rings. The van der Waals surface area contributed by atoms with Crippen LogP contribution in [0.4, 0.5) is 5.69 Å². The molecule has 11 heteroatoms. The van der Waals surface area contributed by atoms with Crippen LogP contribution in [0.15, 0.2) is 65.6 Å². The van der Waals surface area contributed by atoms with Gasteiger partial charge in [0.05, 0.1) is 20.6 Å². The number of carbonyl (C=O) groups excluding carboxylic acids is 2. The molecule has 44 heavy (non-hydrogen) atoms. The standard InChI is InChI=1S/C33H38Cl3N3O4S/c1-4-31(33(41)37-25-8-6-5-7-9-25)38(20-24-13-17-28(34)30(36)18-24)32(40)21-39(26-14-12-23(3)29(35)19-26)44(42,43)27-15-10-22(2)11-16-27/h10-19,25,31H,4-9,20-21H2,1-3H3,(H,37,41)/t31-/m0/s1. The van der Waals surface area contributed by atoms with Gasteiger partial charge in [-0.3, -0.25) is 13.9 Å². The molecule has 1 aliphatic carbocycles. The summed E-state index contributed by atoms with van der Waals surface area (Å²) in [5.41, 5.74) is 2.56. The van der Waals surface area contributed by atoms with E-state index >= 15 is 0 Å². The van der Waals surface area contributed by atoms with E-state index in [0.717, 1.165) is 47.5 Å². The molecule has 3 aromatic carbocycles. The third kappa shape index (κ3) is 8.27. The lowest BCUT2D eigenvalue weighted by Crippen LogP contribution is -2.54. The molecule has 0 saturated heterocycles. The summed E-state index contributed by atoms with van der Waals surface area (Å²) in [4.78, 5) is 29.5. The maximum Gasteiger partial charge on any atom is 0.264 e. The molecular weight excluding hydrogens is 641 g/mol. The van der Waals surface area contributed by atoms with E-state index in [-0.39, 0.29) is 29.1 Å². The summed E-state index contributed by atoms with van der Waals surface area (Å²) in [6.07, 6.45) is 5.32. The maximum absolute atomic E-state index is 14.3. The lowest BCUT2D eigenvalue weighted by molar-refractivity contribution is -0.140. The van der Waals surface area contributed by atoms with Gasteiger partial charge in [-0.1, -0.05) is 90.8 Å². The number of hydrogen-bond donors (Lipinski definition) is 1. The molecule has 1 saturated carbocycles.